The summed E-state index contributed by atoms with van der Waals surface area (Å²) in [7, 11) is 0. The summed E-state index contributed by atoms with van der Waals surface area (Å²) in [6.07, 6.45) is -5.13. The van der Waals surface area contributed by atoms with Crippen molar-refractivity contribution in [3.63, 3.8) is 0 Å². The molecule has 8 heteroatoms. The lowest BCUT2D eigenvalue weighted by molar-refractivity contribution is -0.141. The fourth-order valence-corrected chi connectivity index (χ4v) is 2.71. The van der Waals surface area contributed by atoms with E-state index in [1.165, 1.54) is 16.8 Å². The van der Waals surface area contributed by atoms with Crippen molar-refractivity contribution in [3.8, 4) is 16.9 Å². The standard InChI is InChI=1S/C20H15F3N2O3/c21-20(22,23)18-12-16(25(24-18)15-7-2-1-3-8-15)13-5-4-6-14(11-13)17(26)9-10-19(27)28/h1-8,11-12H,9-10H2,(H,27,28). The third-order valence-electron chi connectivity index (χ3n) is 4.05. The average Bonchev–Trinajstić information content (AvgIpc) is 3.13. The number of alkyl halides is 3. The minimum atomic E-state index is -4.62. The molecule has 0 bridgehead atoms. The first-order valence-corrected chi connectivity index (χ1v) is 8.34. The Morgan fingerprint density at radius 1 is 0.964 bits per heavy atom. The Hall–Kier alpha value is -3.42. The maximum absolute atomic E-state index is 13.2. The number of rotatable bonds is 6. The molecule has 0 fully saturated rings. The van der Waals surface area contributed by atoms with Crippen LogP contribution in [0.5, 0.6) is 0 Å². The Morgan fingerprint density at radius 2 is 1.68 bits per heavy atom. The molecule has 0 aliphatic heterocycles. The lowest BCUT2D eigenvalue weighted by atomic mass is 10.0. The highest BCUT2D eigenvalue weighted by Gasteiger charge is 2.35. The summed E-state index contributed by atoms with van der Waals surface area (Å²) in [5.74, 6) is -1.49. The number of para-hydroxylation sites is 1. The van der Waals surface area contributed by atoms with Gasteiger partial charge in [-0.2, -0.15) is 18.3 Å². The Morgan fingerprint density at radius 3 is 2.32 bits per heavy atom. The van der Waals surface area contributed by atoms with Gasteiger partial charge < -0.3 is 5.11 Å². The molecule has 0 unspecified atom stereocenters. The van der Waals surface area contributed by atoms with Gasteiger partial charge in [-0.05, 0) is 24.3 Å². The normalized spacial score (nSPS) is 11.4. The molecule has 3 rings (SSSR count). The number of benzene rings is 2. The summed E-state index contributed by atoms with van der Waals surface area (Å²) in [6.45, 7) is 0. The van der Waals surface area contributed by atoms with Crippen molar-refractivity contribution in [3.05, 3.63) is 71.9 Å². The Bertz CT molecular complexity index is 1010. The van der Waals surface area contributed by atoms with Crippen LogP contribution in [0.2, 0.25) is 0 Å². The summed E-state index contributed by atoms with van der Waals surface area (Å²) < 4.78 is 40.8. The van der Waals surface area contributed by atoms with Gasteiger partial charge in [0.05, 0.1) is 17.8 Å². The number of Topliss-reactive ketones (excluding diaryl/α,β-unsaturated/α-hetero) is 1. The largest absolute Gasteiger partial charge is 0.481 e. The van der Waals surface area contributed by atoms with E-state index in [1.54, 1.807) is 42.5 Å². The summed E-state index contributed by atoms with van der Waals surface area (Å²) in [6, 6.07) is 15.3. The molecular weight excluding hydrogens is 373 g/mol. The van der Waals surface area contributed by atoms with Gasteiger partial charge in [0.15, 0.2) is 11.5 Å². The van der Waals surface area contributed by atoms with Crippen LogP contribution in [0.25, 0.3) is 16.9 Å². The highest BCUT2D eigenvalue weighted by atomic mass is 19.4. The molecule has 3 aromatic rings. The van der Waals surface area contributed by atoms with Gasteiger partial charge in [-0.3, -0.25) is 9.59 Å². The lowest BCUT2D eigenvalue weighted by Crippen LogP contribution is -2.07. The van der Waals surface area contributed by atoms with E-state index in [2.05, 4.69) is 5.10 Å². The second-order valence-electron chi connectivity index (χ2n) is 6.06. The highest BCUT2D eigenvalue weighted by Crippen LogP contribution is 2.33. The number of aromatic nitrogens is 2. The SMILES string of the molecule is O=C(O)CCC(=O)c1cccc(-c2cc(C(F)(F)F)nn2-c2ccccc2)c1. The minimum Gasteiger partial charge on any atom is -0.481 e. The molecule has 2 aromatic carbocycles. The fourth-order valence-electron chi connectivity index (χ4n) is 2.71. The smallest absolute Gasteiger partial charge is 0.435 e. The fraction of sp³-hybridized carbons (Fsp3) is 0.150. The number of hydrogen-bond donors (Lipinski definition) is 1. The van der Waals surface area contributed by atoms with E-state index in [0.29, 0.717) is 11.3 Å². The van der Waals surface area contributed by atoms with Crippen LogP contribution >= 0.6 is 0 Å². The molecule has 0 spiro atoms. The van der Waals surface area contributed by atoms with Crippen LogP contribution in [0.1, 0.15) is 28.9 Å². The number of carboxylic acid groups (broad SMARTS) is 1. The molecule has 5 nitrogen and oxygen atoms in total. The summed E-state index contributed by atoms with van der Waals surface area (Å²) in [5.41, 5.74) is 0.164. The molecule has 1 heterocycles. The number of ketones is 1. The van der Waals surface area contributed by atoms with Crippen molar-refractivity contribution in [2.45, 2.75) is 19.0 Å². The first-order chi connectivity index (χ1) is 13.3. The van der Waals surface area contributed by atoms with E-state index in [-0.39, 0.29) is 24.1 Å². The van der Waals surface area contributed by atoms with E-state index >= 15 is 0 Å². The number of carboxylic acids is 1. The number of halogens is 3. The van der Waals surface area contributed by atoms with Crippen LogP contribution in [0, 0.1) is 0 Å². The predicted octanol–water partition coefficient (Wildman–Crippen LogP) is 4.61. The van der Waals surface area contributed by atoms with E-state index < -0.39 is 23.6 Å². The minimum absolute atomic E-state index is 0.173. The van der Waals surface area contributed by atoms with Crippen molar-refractivity contribution < 1.29 is 27.9 Å². The molecule has 28 heavy (non-hydrogen) atoms. The van der Waals surface area contributed by atoms with Crippen LogP contribution in [-0.4, -0.2) is 26.6 Å². The topological polar surface area (TPSA) is 72.2 Å². The van der Waals surface area contributed by atoms with Crippen LogP contribution < -0.4 is 0 Å². The van der Waals surface area contributed by atoms with Gasteiger partial charge in [-0.15, -0.1) is 0 Å². The third kappa shape index (κ3) is 4.28. The number of aliphatic carboxylic acids is 1. The molecule has 0 saturated carbocycles. The average molecular weight is 388 g/mol. The Labute approximate surface area is 158 Å². The number of carbonyl (C=O) groups is 2. The predicted molar refractivity (Wildman–Crippen MR) is 95.2 cm³/mol. The Kier molecular flexibility index (Phi) is 5.30. The molecular formula is C20H15F3N2O3. The van der Waals surface area contributed by atoms with Gasteiger partial charge in [-0.1, -0.05) is 36.4 Å². The van der Waals surface area contributed by atoms with Crippen LogP contribution in [-0.2, 0) is 11.0 Å². The van der Waals surface area contributed by atoms with Crippen LogP contribution in [0.4, 0.5) is 13.2 Å². The molecule has 0 saturated heterocycles. The quantitative estimate of drug-likeness (QED) is 0.626. The van der Waals surface area contributed by atoms with Gasteiger partial charge in [0.2, 0.25) is 0 Å². The van der Waals surface area contributed by atoms with Gasteiger partial charge in [0.25, 0.3) is 0 Å². The summed E-state index contributed by atoms with van der Waals surface area (Å²) in [5, 5.41) is 12.4. The zero-order valence-corrected chi connectivity index (χ0v) is 14.5. The zero-order valence-electron chi connectivity index (χ0n) is 14.5. The van der Waals surface area contributed by atoms with Crippen molar-refractivity contribution >= 4 is 11.8 Å². The monoisotopic (exact) mass is 388 g/mol. The maximum atomic E-state index is 13.2. The molecule has 0 atom stereocenters. The van der Waals surface area contributed by atoms with Gasteiger partial charge in [0, 0.05) is 17.5 Å². The third-order valence-corrected chi connectivity index (χ3v) is 4.05. The summed E-state index contributed by atoms with van der Waals surface area (Å²) >= 11 is 0. The number of carbonyl (C=O) groups excluding carboxylic acids is 1. The van der Waals surface area contributed by atoms with Crippen molar-refractivity contribution in [1.29, 1.82) is 0 Å². The van der Waals surface area contributed by atoms with Gasteiger partial charge in [-0.25, -0.2) is 4.68 Å². The van der Waals surface area contributed by atoms with E-state index in [1.807, 2.05) is 0 Å². The molecule has 1 aromatic heterocycles. The zero-order chi connectivity index (χ0) is 20.3. The lowest BCUT2D eigenvalue weighted by Gasteiger charge is -2.09. The second-order valence-corrected chi connectivity index (χ2v) is 6.06. The molecule has 0 aliphatic carbocycles. The molecule has 0 amide bonds. The maximum Gasteiger partial charge on any atom is 0.435 e. The molecule has 1 N–H and O–H groups in total. The Balaban J connectivity index is 2.06. The second kappa shape index (κ2) is 7.67. The molecule has 0 radical (unpaired) electrons. The highest BCUT2D eigenvalue weighted by molar-refractivity contribution is 5.98. The first-order valence-electron chi connectivity index (χ1n) is 8.34. The van der Waals surface area contributed by atoms with Crippen molar-refractivity contribution in [1.82, 2.24) is 9.78 Å². The van der Waals surface area contributed by atoms with Crippen LogP contribution in [0.15, 0.2) is 60.7 Å². The van der Waals surface area contributed by atoms with Gasteiger partial charge in [0.1, 0.15) is 0 Å². The molecule has 0 aliphatic rings. The van der Waals surface area contributed by atoms with E-state index in [9.17, 15) is 22.8 Å². The number of nitrogens with zero attached hydrogens (tertiary/aromatic N) is 2. The summed E-state index contributed by atoms with van der Waals surface area (Å²) in [4.78, 5) is 22.8. The number of hydrogen-bond acceptors (Lipinski definition) is 3. The van der Waals surface area contributed by atoms with E-state index in [4.69, 9.17) is 5.11 Å². The molecule has 144 valence electrons. The van der Waals surface area contributed by atoms with E-state index in [0.717, 1.165) is 6.07 Å². The first kappa shape index (κ1) is 19.3. The van der Waals surface area contributed by atoms with Crippen LogP contribution in [0.3, 0.4) is 0 Å². The van der Waals surface area contributed by atoms with Crippen molar-refractivity contribution in [2.75, 3.05) is 0 Å². The van der Waals surface area contributed by atoms with Crippen molar-refractivity contribution in [2.24, 2.45) is 0 Å². The van der Waals surface area contributed by atoms with Gasteiger partial charge >= 0.3 is 12.1 Å².